The van der Waals surface area contributed by atoms with E-state index in [1.165, 1.54) is 0 Å². The Morgan fingerprint density at radius 2 is 1.92 bits per heavy atom. The van der Waals surface area contributed by atoms with E-state index in [0.717, 1.165) is 5.56 Å². The fourth-order valence-corrected chi connectivity index (χ4v) is 4.79. The Hall–Kier alpha value is -3.76. The molecule has 39 heavy (non-hydrogen) atoms. The molecule has 0 fully saturated rings. The van der Waals surface area contributed by atoms with E-state index in [2.05, 4.69) is 10.6 Å². The van der Waals surface area contributed by atoms with E-state index in [0.29, 0.717) is 68.1 Å². The molecule has 2 aromatic carbocycles. The molecule has 210 valence electrons. The Balaban J connectivity index is 1.37. The van der Waals surface area contributed by atoms with Crippen LogP contribution in [0.25, 0.3) is 0 Å². The van der Waals surface area contributed by atoms with Crippen molar-refractivity contribution in [3.05, 3.63) is 59.9 Å². The lowest BCUT2D eigenvalue weighted by Gasteiger charge is -2.37. The van der Waals surface area contributed by atoms with Gasteiger partial charge in [-0.1, -0.05) is 18.2 Å². The summed E-state index contributed by atoms with van der Waals surface area (Å²) in [4.78, 5) is 25.3. The van der Waals surface area contributed by atoms with E-state index in [9.17, 15) is 14.7 Å². The molecule has 3 unspecified atom stereocenters. The van der Waals surface area contributed by atoms with Crippen LogP contribution in [0.4, 0.5) is 11.4 Å². The van der Waals surface area contributed by atoms with Crippen molar-refractivity contribution in [2.45, 2.75) is 51.2 Å². The average molecular weight is 540 g/mol. The summed E-state index contributed by atoms with van der Waals surface area (Å²) in [6, 6.07) is 12.9. The molecule has 2 aliphatic heterocycles. The number of fused-ring (bicyclic) bond motifs is 1. The van der Waals surface area contributed by atoms with Crippen LogP contribution in [0.5, 0.6) is 11.5 Å². The molecule has 10 nitrogen and oxygen atoms in total. The molecule has 2 aliphatic rings. The Morgan fingerprint density at radius 3 is 2.72 bits per heavy atom. The van der Waals surface area contributed by atoms with Gasteiger partial charge in [-0.25, -0.2) is 0 Å². The smallest absolute Gasteiger partial charge is 0.286 e. The van der Waals surface area contributed by atoms with Gasteiger partial charge in [0.1, 0.15) is 0 Å². The van der Waals surface area contributed by atoms with Crippen LogP contribution >= 0.6 is 0 Å². The largest absolute Gasteiger partial charge is 0.459 e. The standard InChI is InChI=1S/C29H37N3O7/c1-2-36-29-20(8-7-15-33)21(19-12-13-24-25(16-19)38-18-37-24)17-26(39-29)28(35)31-14-6-5-11-27(34)32-23-10-4-3-9-22(23)30/h3-4,9-10,12-13,16-17,20-21,29,33H,2,5-8,11,14-15,18,30H2,1H3,(H,31,35)(H,32,34). The van der Waals surface area contributed by atoms with Crippen LogP contribution in [0.3, 0.4) is 0 Å². The number of nitrogens with two attached hydrogens (primary N) is 1. The number of hydrogen-bond donors (Lipinski definition) is 4. The van der Waals surface area contributed by atoms with E-state index in [1.54, 1.807) is 12.1 Å². The maximum atomic E-state index is 13.1. The van der Waals surface area contributed by atoms with Crippen molar-refractivity contribution < 1.29 is 33.6 Å². The zero-order valence-corrected chi connectivity index (χ0v) is 22.2. The number of aliphatic hydroxyl groups is 1. The number of amides is 2. The molecule has 0 aromatic heterocycles. The third-order valence-corrected chi connectivity index (χ3v) is 6.77. The lowest BCUT2D eigenvalue weighted by atomic mass is 9.80. The van der Waals surface area contributed by atoms with Gasteiger partial charge in [-0.2, -0.15) is 0 Å². The second kappa shape index (κ2) is 13.9. The number of anilines is 2. The van der Waals surface area contributed by atoms with Gasteiger partial charge in [0.05, 0.1) is 11.4 Å². The summed E-state index contributed by atoms with van der Waals surface area (Å²) in [5.74, 6) is 0.768. The van der Waals surface area contributed by atoms with Crippen LogP contribution in [0.1, 0.15) is 50.5 Å². The predicted molar refractivity (Wildman–Crippen MR) is 146 cm³/mol. The highest BCUT2D eigenvalue weighted by molar-refractivity contribution is 5.93. The van der Waals surface area contributed by atoms with Crippen molar-refractivity contribution >= 4 is 23.2 Å². The summed E-state index contributed by atoms with van der Waals surface area (Å²) in [5.41, 5.74) is 7.93. The van der Waals surface area contributed by atoms with E-state index >= 15 is 0 Å². The van der Waals surface area contributed by atoms with Gasteiger partial charge in [-0.3, -0.25) is 9.59 Å². The van der Waals surface area contributed by atoms with Gasteiger partial charge in [0.25, 0.3) is 5.91 Å². The highest BCUT2D eigenvalue weighted by Gasteiger charge is 2.38. The first-order valence-corrected chi connectivity index (χ1v) is 13.4. The number of ether oxygens (including phenoxy) is 4. The number of benzene rings is 2. The van der Waals surface area contributed by atoms with Gasteiger partial charge in [0.2, 0.25) is 19.0 Å². The van der Waals surface area contributed by atoms with E-state index in [-0.39, 0.29) is 42.8 Å². The van der Waals surface area contributed by atoms with Gasteiger partial charge in [-0.15, -0.1) is 0 Å². The third kappa shape index (κ3) is 7.42. The first-order chi connectivity index (χ1) is 19.0. The molecule has 5 N–H and O–H groups in total. The molecule has 0 saturated carbocycles. The zero-order chi connectivity index (χ0) is 27.6. The van der Waals surface area contributed by atoms with Gasteiger partial charge in [0.15, 0.2) is 17.3 Å². The summed E-state index contributed by atoms with van der Waals surface area (Å²) >= 11 is 0. The Morgan fingerprint density at radius 1 is 1.10 bits per heavy atom. The van der Waals surface area contributed by atoms with Crippen LogP contribution in [0.15, 0.2) is 54.3 Å². The molecule has 0 bridgehead atoms. The monoisotopic (exact) mass is 539 g/mol. The Bertz CT molecular complexity index is 1170. The predicted octanol–water partition coefficient (Wildman–Crippen LogP) is 3.67. The molecule has 0 aliphatic carbocycles. The third-order valence-electron chi connectivity index (χ3n) is 6.77. The van der Waals surface area contributed by atoms with Crippen LogP contribution < -0.4 is 25.8 Å². The first kappa shape index (κ1) is 28.3. The summed E-state index contributed by atoms with van der Waals surface area (Å²) < 4.78 is 23.0. The maximum Gasteiger partial charge on any atom is 0.286 e. The van der Waals surface area contributed by atoms with Crippen LogP contribution in [0, 0.1) is 5.92 Å². The summed E-state index contributed by atoms with van der Waals surface area (Å²) in [7, 11) is 0. The SMILES string of the molecule is CCOC1OC(C(=O)NCCCCC(=O)Nc2ccccc2N)=CC(c2ccc3c(c2)OCO3)C1CCCO. The fourth-order valence-electron chi connectivity index (χ4n) is 4.79. The summed E-state index contributed by atoms with van der Waals surface area (Å²) in [6.07, 6.45) is 3.95. The average Bonchev–Trinajstić information content (AvgIpc) is 3.41. The van der Waals surface area contributed by atoms with Gasteiger partial charge >= 0.3 is 0 Å². The quantitative estimate of drug-likeness (QED) is 0.223. The molecule has 2 heterocycles. The van der Waals surface area contributed by atoms with Crippen molar-refractivity contribution in [1.29, 1.82) is 0 Å². The number of nitrogen functional groups attached to an aromatic ring is 1. The number of carbonyl (C=O) groups is 2. The molecule has 3 atom stereocenters. The fraction of sp³-hybridized carbons (Fsp3) is 0.448. The Kier molecular flexibility index (Phi) is 10.0. The molecule has 2 aromatic rings. The molecule has 4 rings (SSSR count). The number of para-hydroxylation sites is 2. The molecular formula is C29H37N3O7. The minimum absolute atomic E-state index is 0.0526. The second-order valence-electron chi connectivity index (χ2n) is 9.49. The maximum absolute atomic E-state index is 13.1. The van der Waals surface area contributed by atoms with Crippen LogP contribution in [-0.2, 0) is 19.1 Å². The van der Waals surface area contributed by atoms with Crippen LogP contribution in [0.2, 0.25) is 0 Å². The van der Waals surface area contributed by atoms with Gasteiger partial charge in [0, 0.05) is 38.0 Å². The lowest BCUT2D eigenvalue weighted by Crippen LogP contribution is -2.39. The first-order valence-electron chi connectivity index (χ1n) is 13.4. The molecule has 0 spiro atoms. The lowest BCUT2D eigenvalue weighted by molar-refractivity contribution is -0.166. The van der Waals surface area contributed by atoms with Crippen molar-refractivity contribution in [3.8, 4) is 11.5 Å². The van der Waals surface area contributed by atoms with Crippen LogP contribution in [-0.4, -0.2) is 49.8 Å². The van der Waals surface area contributed by atoms with E-state index < -0.39 is 6.29 Å². The molecule has 0 saturated heterocycles. The molecular weight excluding hydrogens is 502 g/mol. The number of carbonyl (C=O) groups excluding carboxylic acids is 2. The van der Waals surface area contributed by atoms with E-state index in [1.807, 2.05) is 43.3 Å². The number of aliphatic hydroxyl groups excluding tert-OH is 1. The molecule has 0 radical (unpaired) electrons. The molecule has 10 heteroatoms. The van der Waals surface area contributed by atoms with Crippen molar-refractivity contribution in [2.75, 3.05) is 37.6 Å². The summed E-state index contributed by atoms with van der Waals surface area (Å²) in [6.45, 7) is 2.91. The minimum Gasteiger partial charge on any atom is -0.459 e. The van der Waals surface area contributed by atoms with Gasteiger partial charge in [-0.05, 0) is 68.5 Å². The number of allylic oxidation sites excluding steroid dienone is 1. The van der Waals surface area contributed by atoms with Crippen molar-refractivity contribution in [3.63, 3.8) is 0 Å². The molecule has 2 amide bonds. The Labute approximate surface area is 228 Å². The van der Waals surface area contributed by atoms with Gasteiger partial charge < -0.3 is 40.4 Å². The van der Waals surface area contributed by atoms with E-state index in [4.69, 9.17) is 24.7 Å². The normalized spacial score (nSPS) is 19.6. The van der Waals surface area contributed by atoms with Crippen molar-refractivity contribution in [1.82, 2.24) is 5.32 Å². The number of rotatable bonds is 13. The number of unbranched alkanes of at least 4 members (excludes halogenated alkanes) is 1. The minimum atomic E-state index is -0.642. The van der Waals surface area contributed by atoms with Crippen molar-refractivity contribution in [2.24, 2.45) is 5.92 Å². The number of nitrogens with one attached hydrogen (secondary N) is 2. The summed E-state index contributed by atoms with van der Waals surface area (Å²) in [5, 5.41) is 15.2. The zero-order valence-electron chi connectivity index (χ0n) is 22.2. The highest BCUT2D eigenvalue weighted by atomic mass is 16.7. The topological polar surface area (TPSA) is 141 Å². The highest BCUT2D eigenvalue weighted by Crippen LogP contribution is 2.42. The number of hydrogen-bond acceptors (Lipinski definition) is 8. The second-order valence-corrected chi connectivity index (χ2v) is 9.49.